The van der Waals surface area contributed by atoms with Gasteiger partial charge in [0.1, 0.15) is 6.29 Å². The molecule has 0 aliphatic heterocycles. The fourth-order valence-electron chi connectivity index (χ4n) is 0.139. The molecule has 0 aliphatic rings. The maximum Gasteiger partial charge on any atom is 0.122 e. The van der Waals surface area contributed by atoms with E-state index in [1.165, 1.54) is 0 Å². The van der Waals surface area contributed by atoms with Crippen LogP contribution in [0.2, 0.25) is 0 Å². The van der Waals surface area contributed by atoms with E-state index in [2.05, 4.69) is 0 Å². The van der Waals surface area contributed by atoms with Gasteiger partial charge in [-0.1, -0.05) is 0 Å². The Labute approximate surface area is 52.8 Å². The van der Waals surface area contributed by atoms with Crippen LogP contribution in [0.1, 0.15) is 13.3 Å². The second-order valence-corrected chi connectivity index (χ2v) is 1.25. The Morgan fingerprint density at radius 3 is 2.29 bits per heavy atom. The average molecular weight is 147 g/mol. The fourth-order valence-corrected chi connectivity index (χ4v) is 0.139. The van der Waals surface area contributed by atoms with Crippen LogP contribution in [0.25, 0.3) is 0 Å². The van der Waals surface area contributed by atoms with Crippen molar-refractivity contribution in [2.24, 2.45) is 0 Å². The first-order chi connectivity index (χ1) is 2.77. The minimum absolute atomic E-state index is 0. The molecule has 1 N–H and O–H groups in total. The number of hydrogen-bond donors (Lipinski definition) is 1. The van der Waals surface area contributed by atoms with Gasteiger partial charge < -0.3 is 9.90 Å². The summed E-state index contributed by atoms with van der Waals surface area (Å²) in [6.07, 6.45) is 0.479. The molecule has 46 valence electrons. The standard InChI is InChI=1S/C4H8O2.Ni/c1-4(6)2-3-5;/h3-4,6H,2H2,1H3;. The van der Waals surface area contributed by atoms with Crippen LogP contribution in [0.3, 0.4) is 0 Å². The Bertz CT molecular complexity index is 45.0. The zero-order chi connectivity index (χ0) is 4.99. The average Bonchev–Trinajstić information content (AvgIpc) is 1.35. The van der Waals surface area contributed by atoms with Gasteiger partial charge in [0.15, 0.2) is 0 Å². The van der Waals surface area contributed by atoms with Gasteiger partial charge in [-0.3, -0.25) is 0 Å². The van der Waals surface area contributed by atoms with E-state index in [0.29, 0.717) is 6.29 Å². The molecule has 0 saturated heterocycles. The van der Waals surface area contributed by atoms with E-state index in [1.54, 1.807) is 6.92 Å². The van der Waals surface area contributed by atoms with E-state index in [1.807, 2.05) is 0 Å². The van der Waals surface area contributed by atoms with Gasteiger partial charge in [0.2, 0.25) is 0 Å². The van der Waals surface area contributed by atoms with Crippen LogP contribution in [0.15, 0.2) is 0 Å². The third-order valence-electron chi connectivity index (χ3n) is 0.437. The zero-order valence-electron chi connectivity index (χ0n) is 4.03. The van der Waals surface area contributed by atoms with Crippen LogP contribution >= 0.6 is 0 Å². The van der Waals surface area contributed by atoms with Crippen molar-refractivity contribution in [3.05, 3.63) is 0 Å². The molecule has 2 nitrogen and oxygen atoms in total. The number of aldehydes is 1. The molecule has 0 radical (unpaired) electrons. The van der Waals surface area contributed by atoms with Crippen molar-refractivity contribution >= 4 is 6.29 Å². The van der Waals surface area contributed by atoms with Crippen molar-refractivity contribution in [2.75, 3.05) is 0 Å². The molecule has 0 aromatic rings. The number of carbonyl (C=O) groups excluding carboxylic acids is 1. The molecule has 1 unspecified atom stereocenters. The number of aliphatic hydroxyl groups is 1. The van der Waals surface area contributed by atoms with Gasteiger partial charge in [-0.15, -0.1) is 0 Å². The molecule has 1 atom stereocenters. The third kappa shape index (κ3) is 10.7. The van der Waals surface area contributed by atoms with Crippen LogP contribution in [0, 0.1) is 0 Å². The second-order valence-electron chi connectivity index (χ2n) is 1.25. The molecule has 3 heteroatoms. The Hall–Kier alpha value is 0.124. The molecule has 0 rings (SSSR count). The van der Waals surface area contributed by atoms with Crippen molar-refractivity contribution in [1.82, 2.24) is 0 Å². The van der Waals surface area contributed by atoms with Crippen LogP contribution in [-0.4, -0.2) is 17.5 Å². The Balaban J connectivity index is 0. The molecule has 0 amide bonds. The minimum atomic E-state index is -0.470. The molecule has 0 spiro atoms. The Kier molecular flexibility index (Phi) is 8.90. The first-order valence-corrected chi connectivity index (χ1v) is 1.89. The summed E-state index contributed by atoms with van der Waals surface area (Å²) in [5.74, 6) is 0. The van der Waals surface area contributed by atoms with Crippen LogP contribution in [-0.2, 0) is 21.3 Å². The van der Waals surface area contributed by atoms with Crippen molar-refractivity contribution in [3.8, 4) is 0 Å². The molecule has 7 heavy (non-hydrogen) atoms. The first kappa shape index (κ1) is 10.2. The van der Waals surface area contributed by atoms with E-state index in [0.717, 1.165) is 0 Å². The van der Waals surface area contributed by atoms with Gasteiger partial charge in [-0.25, -0.2) is 0 Å². The van der Waals surface area contributed by atoms with Crippen molar-refractivity contribution in [3.63, 3.8) is 0 Å². The summed E-state index contributed by atoms with van der Waals surface area (Å²) >= 11 is 0. The van der Waals surface area contributed by atoms with Gasteiger partial charge in [0, 0.05) is 22.9 Å². The fraction of sp³-hybridized carbons (Fsp3) is 0.750. The largest absolute Gasteiger partial charge is 0.393 e. The van der Waals surface area contributed by atoms with Crippen molar-refractivity contribution < 1.29 is 26.4 Å². The summed E-state index contributed by atoms with van der Waals surface area (Å²) in [6, 6.07) is 0. The summed E-state index contributed by atoms with van der Waals surface area (Å²) in [5, 5.41) is 8.32. The molecule has 0 heterocycles. The van der Waals surface area contributed by atoms with E-state index in [9.17, 15) is 4.79 Å². The smallest absolute Gasteiger partial charge is 0.122 e. The Morgan fingerprint density at radius 1 is 1.86 bits per heavy atom. The van der Waals surface area contributed by atoms with Gasteiger partial charge in [-0.05, 0) is 6.92 Å². The normalized spacial score (nSPS) is 11.7. The molecular weight excluding hydrogens is 139 g/mol. The quantitative estimate of drug-likeness (QED) is 0.439. The minimum Gasteiger partial charge on any atom is -0.393 e. The molecule has 0 saturated carbocycles. The molecule has 0 bridgehead atoms. The third-order valence-corrected chi connectivity index (χ3v) is 0.437. The second kappa shape index (κ2) is 6.12. The molecule has 0 aromatic carbocycles. The van der Waals surface area contributed by atoms with Gasteiger partial charge in [0.05, 0.1) is 6.10 Å². The van der Waals surface area contributed by atoms with E-state index in [-0.39, 0.29) is 22.9 Å². The molecule has 0 fully saturated rings. The summed E-state index contributed by atoms with van der Waals surface area (Å²) in [7, 11) is 0. The summed E-state index contributed by atoms with van der Waals surface area (Å²) < 4.78 is 0. The zero-order valence-corrected chi connectivity index (χ0v) is 5.02. The molecule has 0 aliphatic carbocycles. The molecular formula is C4H8NiO2. The summed E-state index contributed by atoms with van der Waals surface area (Å²) in [6.45, 7) is 1.58. The number of rotatable bonds is 2. The maximum atomic E-state index is 9.46. The maximum absolute atomic E-state index is 9.46. The van der Waals surface area contributed by atoms with Gasteiger partial charge in [-0.2, -0.15) is 0 Å². The predicted octanol–water partition coefficient (Wildman–Crippen LogP) is -0.0463. The number of hydrogen-bond acceptors (Lipinski definition) is 2. The van der Waals surface area contributed by atoms with E-state index < -0.39 is 6.10 Å². The van der Waals surface area contributed by atoms with E-state index in [4.69, 9.17) is 5.11 Å². The topological polar surface area (TPSA) is 37.3 Å². The predicted molar refractivity (Wildman–Crippen MR) is 22.4 cm³/mol. The SMILES string of the molecule is CC(O)CC=O.[Ni]. The van der Waals surface area contributed by atoms with Crippen molar-refractivity contribution in [1.29, 1.82) is 0 Å². The number of aliphatic hydroxyl groups excluding tert-OH is 1. The van der Waals surface area contributed by atoms with Crippen LogP contribution in [0.4, 0.5) is 0 Å². The van der Waals surface area contributed by atoms with Crippen LogP contribution < -0.4 is 0 Å². The van der Waals surface area contributed by atoms with Gasteiger partial charge >= 0.3 is 0 Å². The number of carbonyl (C=O) groups is 1. The molecule has 0 aromatic heterocycles. The van der Waals surface area contributed by atoms with Crippen molar-refractivity contribution in [2.45, 2.75) is 19.4 Å². The van der Waals surface area contributed by atoms with E-state index >= 15 is 0 Å². The monoisotopic (exact) mass is 146 g/mol. The first-order valence-electron chi connectivity index (χ1n) is 1.89. The Morgan fingerprint density at radius 2 is 2.29 bits per heavy atom. The summed E-state index contributed by atoms with van der Waals surface area (Å²) in [4.78, 5) is 9.46. The summed E-state index contributed by atoms with van der Waals surface area (Å²) in [5.41, 5.74) is 0. The van der Waals surface area contributed by atoms with Crippen LogP contribution in [0.5, 0.6) is 0 Å². The van der Waals surface area contributed by atoms with Gasteiger partial charge in [0.25, 0.3) is 0 Å².